The van der Waals surface area contributed by atoms with E-state index in [2.05, 4.69) is 4.74 Å². The zero-order chi connectivity index (χ0) is 4.12. The third kappa shape index (κ3) is 3.92. The van der Waals surface area contributed by atoms with E-state index in [1.807, 2.05) is 0 Å². The molecule has 0 radical (unpaired) electrons. The van der Waals surface area contributed by atoms with Gasteiger partial charge in [-0.1, -0.05) is 0 Å². The molecule has 0 bridgehead atoms. The third-order valence-corrected chi connectivity index (χ3v) is 0.306. The number of rotatable bonds is 2. The minimum absolute atomic E-state index is 0.372. The van der Waals surface area contributed by atoms with E-state index in [0.717, 1.165) is 0 Å². The molecule has 32 valence electrons. The van der Waals surface area contributed by atoms with E-state index in [4.69, 9.17) is 5.11 Å². The summed E-state index contributed by atoms with van der Waals surface area (Å²) in [7, 11) is 1.59. The zero-order valence-electron chi connectivity index (χ0n) is 3.32. The molecule has 0 aliphatic carbocycles. The van der Waals surface area contributed by atoms with Crippen LogP contribution in [0.25, 0.3) is 0 Å². The van der Waals surface area contributed by atoms with Crippen LogP contribution < -0.4 is 0 Å². The Morgan fingerprint density at radius 1 is 1.80 bits per heavy atom. The van der Waals surface area contributed by atoms with E-state index < -0.39 is 0 Å². The van der Waals surface area contributed by atoms with Gasteiger partial charge in [-0.05, 0) is 0 Å². The lowest BCUT2D eigenvalue weighted by molar-refractivity contribution is 0.135. The average Bonchev–Trinajstić information content (AvgIpc) is 1.41. The van der Waals surface area contributed by atoms with E-state index in [1.165, 1.54) is 0 Å². The van der Waals surface area contributed by atoms with Crippen LogP contribution in [0.5, 0.6) is 0 Å². The summed E-state index contributed by atoms with van der Waals surface area (Å²) in [4.78, 5) is 0. The lowest BCUT2D eigenvalue weighted by Crippen LogP contribution is -1.91. The molecule has 0 spiro atoms. The summed E-state index contributed by atoms with van der Waals surface area (Å²) in [6.07, 6.45) is 0. The Morgan fingerprint density at radius 3 is 2.40 bits per heavy atom. The fourth-order valence-electron chi connectivity index (χ4n) is 0.102. The van der Waals surface area contributed by atoms with Gasteiger partial charge in [0.2, 0.25) is 0 Å². The Kier molecular flexibility index (Phi) is 3.86. The molecule has 0 saturated carbocycles. The van der Waals surface area contributed by atoms with Crippen LogP contribution in [0.4, 0.5) is 0 Å². The van der Waals surface area contributed by atoms with E-state index in [9.17, 15) is 0 Å². The normalized spacial score (nSPS) is 8.40. The number of ether oxygens (including phenoxy) is 1. The van der Waals surface area contributed by atoms with Crippen LogP contribution in [0.1, 0.15) is 0 Å². The second kappa shape index (κ2) is 3.92. The molecule has 2 nitrogen and oxygen atoms in total. The highest BCUT2D eigenvalue weighted by Crippen LogP contribution is 1.56. The average molecular weight is 77.1 g/mol. The topological polar surface area (TPSA) is 32.1 Å². The van der Waals surface area contributed by atoms with Crippen LogP contribution in [-0.4, -0.2) is 25.4 Å². The first-order valence-corrected chi connectivity index (χ1v) is 1.55. The second-order valence-corrected chi connectivity index (χ2v) is 0.743. The number of hydrogen-bond donors (Lipinski definition) is 0. The molecule has 0 atom stereocenters. The molecule has 5 heavy (non-hydrogen) atoms. The summed E-state index contributed by atoms with van der Waals surface area (Å²) >= 11 is 0. The maximum atomic E-state index is 6.48. The first-order chi connectivity index (χ1) is 2.41. The molecule has 0 fully saturated rings. The van der Waals surface area contributed by atoms with Gasteiger partial charge in [-0.25, -0.2) is 0 Å². The van der Waals surface area contributed by atoms with Crippen molar-refractivity contribution >= 4 is 0 Å². The Bertz CT molecular complexity index is 12.4. The minimum atomic E-state index is 0.372. The van der Waals surface area contributed by atoms with E-state index in [1.54, 1.807) is 7.11 Å². The van der Waals surface area contributed by atoms with Crippen LogP contribution in [0, 0.1) is 0 Å². The summed E-state index contributed by atoms with van der Waals surface area (Å²) in [5.41, 5.74) is 0. The van der Waals surface area contributed by atoms with Gasteiger partial charge < -0.3 is 9.84 Å². The number of methoxy groups -OCH3 is 1. The largest absolute Gasteiger partial charge is 0.444 e. The first kappa shape index (κ1) is 4.92. The van der Waals surface area contributed by atoms with Gasteiger partial charge in [0.1, 0.15) is 6.61 Å². The predicted molar refractivity (Wildman–Crippen MR) is 20.4 cm³/mol. The summed E-state index contributed by atoms with van der Waals surface area (Å²) in [5, 5.41) is 6.48. The molecular weight excluding hydrogens is 68.0 g/mol. The van der Waals surface area contributed by atoms with Crippen molar-refractivity contribution in [2.45, 2.75) is 0 Å². The third-order valence-electron chi connectivity index (χ3n) is 0.306. The predicted octanol–water partition coefficient (Wildman–Crippen LogP) is -0.643. The Morgan fingerprint density at radius 2 is 2.40 bits per heavy atom. The molecule has 2 heteroatoms. The van der Waals surface area contributed by atoms with E-state index in [0.29, 0.717) is 13.2 Å². The van der Waals surface area contributed by atoms with Crippen molar-refractivity contribution in [2.24, 2.45) is 0 Å². The monoisotopic (exact) mass is 77.1 g/mol. The van der Waals surface area contributed by atoms with Crippen molar-refractivity contribution in [3.63, 3.8) is 0 Å². The van der Waals surface area contributed by atoms with Gasteiger partial charge in [0.15, 0.2) is 6.61 Å². The molecule has 0 heterocycles. The highest BCUT2D eigenvalue weighted by Gasteiger charge is 1.71. The molecule has 0 aliphatic rings. The molecule has 0 amide bonds. The van der Waals surface area contributed by atoms with Gasteiger partial charge in [-0.3, -0.25) is 0 Å². The Labute approximate surface area is 31.4 Å². The van der Waals surface area contributed by atoms with Crippen LogP contribution in [0.2, 0.25) is 0 Å². The van der Waals surface area contributed by atoms with Gasteiger partial charge in [-0.2, -0.15) is 0 Å². The molecular formula is C3H9O2+. The lowest BCUT2D eigenvalue weighted by Gasteiger charge is -1.81. The van der Waals surface area contributed by atoms with Crippen molar-refractivity contribution < 1.29 is 9.84 Å². The SMILES string of the molecule is COCC[OH2+]. The zero-order valence-corrected chi connectivity index (χ0v) is 3.32. The van der Waals surface area contributed by atoms with Crippen molar-refractivity contribution in [3.8, 4) is 0 Å². The standard InChI is InChI=1S/C3H8O2/c1-5-3-2-4/h4H,2-3H2,1H3/p+1. The summed E-state index contributed by atoms with van der Waals surface area (Å²) in [6, 6.07) is 0. The molecule has 0 unspecified atom stereocenters. The highest BCUT2D eigenvalue weighted by molar-refractivity contribution is 4.12. The van der Waals surface area contributed by atoms with Crippen LogP contribution >= 0.6 is 0 Å². The first-order valence-electron chi connectivity index (χ1n) is 1.55. The van der Waals surface area contributed by atoms with Crippen LogP contribution in [0.3, 0.4) is 0 Å². The molecule has 0 rings (SSSR count). The van der Waals surface area contributed by atoms with Gasteiger partial charge in [0.25, 0.3) is 0 Å². The van der Waals surface area contributed by atoms with Gasteiger partial charge in [-0.15, -0.1) is 0 Å². The Hall–Kier alpha value is -0.0800. The molecule has 2 N–H and O–H groups in total. The molecule has 0 aromatic heterocycles. The van der Waals surface area contributed by atoms with Crippen LogP contribution in [0.15, 0.2) is 0 Å². The van der Waals surface area contributed by atoms with Crippen molar-refractivity contribution in [3.05, 3.63) is 0 Å². The molecule has 0 aromatic rings. The quantitative estimate of drug-likeness (QED) is 0.403. The highest BCUT2D eigenvalue weighted by atomic mass is 16.5. The molecule has 0 saturated heterocycles. The lowest BCUT2D eigenvalue weighted by atomic mass is 10.8. The van der Waals surface area contributed by atoms with Gasteiger partial charge >= 0.3 is 0 Å². The smallest absolute Gasteiger partial charge is 0.167 e. The molecule has 0 aliphatic heterocycles. The van der Waals surface area contributed by atoms with Crippen molar-refractivity contribution in [1.82, 2.24) is 0 Å². The summed E-state index contributed by atoms with van der Waals surface area (Å²) < 4.78 is 4.50. The van der Waals surface area contributed by atoms with Crippen molar-refractivity contribution in [2.75, 3.05) is 20.3 Å². The fourth-order valence-corrected chi connectivity index (χ4v) is 0.102. The van der Waals surface area contributed by atoms with Gasteiger partial charge in [0, 0.05) is 7.11 Å². The summed E-state index contributed by atoms with van der Waals surface area (Å²) in [5.74, 6) is 0. The summed E-state index contributed by atoms with van der Waals surface area (Å²) in [6.45, 7) is 0.927. The van der Waals surface area contributed by atoms with E-state index in [-0.39, 0.29) is 0 Å². The maximum Gasteiger partial charge on any atom is 0.167 e. The minimum Gasteiger partial charge on any atom is -0.444 e. The van der Waals surface area contributed by atoms with Crippen molar-refractivity contribution in [1.29, 1.82) is 0 Å². The van der Waals surface area contributed by atoms with Gasteiger partial charge in [0.05, 0.1) is 0 Å². The fraction of sp³-hybridized carbons (Fsp3) is 1.00. The Balaban J connectivity index is 2.19. The molecule has 0 aromatic carbocycles. The second-order valence-electron chi connectivity index (χ2n) is 0.743. The maximum absolute atomic E-state index is 6.48. The number of hydrogen-bond acceptors (Lipinski definition) is 1. The van der Waals surface area contributed by atoms with Crippen LogP contribution in [-0.2, 0) is 4.74 Å². The van der Waals surface area contributed by atoms with E-state index >= 15 is 0 Å².